The molecule has 1 amide bonds. The first-order valence-electron chi connectivity index (χ1n) is 6.72. The summed E-state index contributed by atoms with van der Waals surface area (Å²) in [5.41, 5.74) is 0.208. The zero-order chi connectivity index (χ0) is 14.8. The van der Waals surface area contributed by atoms with E-state index in [1.807, 2.05) is 26.8 Å². The topological polar surface area (TPSA) is 51.5 Å². The van der Waals surface area contributed by atoms with E-state index in [4.69, 9.17) is 4.74 Å². The summed E-state index contributed by atoms with van der Waals surface area (Å²) < 4.78 is 6.93. The van der Waals surface area contributed by atoms with Crippen molar-refractivity contribution in [2.45, 2.75) is 32.8 Å². The molecule has 0 aromatic carbocycles. The van der Waals surface area contributed by atoms with Crippen LogP contribution in [0.2, 0.25) is 0 Å². The highest BCUT2D eigenvalue weighted by Gasteiger charge is 2.24. The third-order valence-corrected chi connectivity index (χ3v) is 2.92. The number of carbonyl (C=O) groups is 1. The Balaban J connectivity index is 2.13. The van der Waals surface area contributed by atoms with Gasteiger partial charge in [0.25, 0.3) is 5.56 Å². The van der Waals surface area contributed by atoms with Crippen LogP contribution in [-0.2, 0) is 4.74 Å². The maximum absolute atomic E-state index is 12.1. The number of rotatable bonds is 1. The standard InChI is InChI=1S/C15H20N2O3/c1-15(2,3)20-14(19)16-9-6-7-12(11-16)17-10-5-4-8-13(17)18/h4-5,7-8,10H,6,9,11H2,1-3H3. The smallest absolute Gasteiger partial charge is 0.410 e. The van der Waals surface area contributed by atoms with Gasteiger partial charge in [-0.2, -0.15) is 0 Å². The maximum Gasteiger partial charge on any atom is 0.410 e. The quantitative estimate of drug-likeness (QED) is 0.791. The summed E-state index contributed by atoms with van der Waals surface area (Å²) in [6.07, 6.45) is 4.08. The first kappa shape index (κ1) is 14.4. The molecule has 1 aliphatic rings. The van der Waals surface area contributed by atoms with Crippen molar-refractivity contribution in [2.24, 2.45) is 0 Å². The van der Waals surface area contributed by atoms with Crippen LogP contribution in [0.15, 0.2) is 35.3 Å². The summed E-state index contributed by atoms with van der Waals surface area (Å²) in [5, 5.41) is 0. The molecule has 0 saturated carbocycles. The molecule has 1 aromatic rings. The molecule has 1 aromatic heterocycles. The monoisotopic (exact) mass is 276 g/mol. The van der Waals surface area contributed by atoms with Crippen molar-refractivity contribution in [3.63, 3.8) is 0 Å². The van der Waals surface area contributed by atoms with Crippen LogP contribution in [0.1, 0.15) is 27.2 Å². The van der Waals surface area contributed by atoms with Crippen molar-refractivity contribution in [1.29, 1.82) is 0 Å². The van der Waals surface area contributed by atoms with Gasteiger partial charge in [0.05, 0.1) is 6.54 Å². The maximum atomic E-state index is 12.1. The largest absolute Gasteiger partial charge is 0.444 e. The Morgan fingerprint density at radius 2 is 2.05 bits per heavy atom. The van der Waals surface area contributed by atoms with E-state index in [2.05, 4.69) is 0 Å². The average molecular weight is 276 g/mol. The number of carbonyl (C=O) groups excluding carboxylic acids is 1. The molecular formula is C15H20N2O3. The molecule has 5 heteroatoms. The Morgan fingerprint density at radius 1 is 1.30 bits per heavy atom. The number of amides is 1. The first-order valence-corrected chi connectivity index (χ1v) is 6.72. The molecule has 0 bridgehead atoms. The molecule has 20 heavy (non-hydrogen) atoms. The van der Waals surface area contributed by atoms with Crippen LogP contribution in [0.5, 0.6) is 0 Å². The van der Waals surface area contributed by atoms with Crippen molar-refractivity contribution in [3.8, 4) is 0 Å². The molecule has 0 N–H and O–H groups in total. The van der Waals surface area contributed by atoms with Gasteiger partial charge in [-0.1, -0.05) is 12.1 Å². The van der Waals surface area contributed by atoms with Gasteiger partial charge in [0.2, 0.25) is 0 Å². The second kappa shape index (κ2) is 5.53. The lowest BCUT2D eigenvalue weighted by Gasteiger charge is -2.30. The number of nitrogens with zero attached hydrogens (tertiary/aromatic N) is 2. The van der Waals surface area contributed by atoms with E-state index >= 15 is 0 Å². The number of hydrogen-bond donors (Lipinski definition) is 0. The molecule has 0 unspecified atom stereocenters. The second-order valence-electron chi connectivity index (χ2n) is 5.79. The zero-order valence-electron chi connectivity index (χ0n) is 12.1. The molecule has 0 saturated heterocycles. The molecule has 0 spiro atoms. The van der Waals surface area contributed by atoms with Crippen molar-refractivity contribution in [2.75, 3.05) is 13.1 Å². The summed E-state index contributed by atoms with van der Waals surface area (Å²) in [5.74, 6) is 0. The number of aromatic nitrogens is 1. The van der Waals surface area contributed by atoms with E-state index in [1.54, 1.807) is 27.8 Å². The van der Waals surface area contributed by atoms with Gasteiger partial charge in [-0.25, -0.2) is 4.79 Å². The fourth-order valence-electron chi connectivity index (χ4n) is 2.05. The molecule has 2 rings (SSSR count). The van der Waals surface area contributed by atoms with E-state index in [9.17, 15) is 9.59 Å². The van der Waals surface area contributed by atoms with Crippen molar-refractivity contribution >= 4 is 11.8 Å². The summed E-state index contributed by atoms with van der Waals surface area (Å²) in [4.78, 5) is 25.5. The predicted octanol–water partition coefficient (Wildman–Crippen LogP) is 2.33. The van der Waals surface area contributed by atoms with E-state index in [0.717, 1.165) is 12.1 Å². The first-order chi connectivity index (χ1) is 9.37. The number of pyridine rings is 1. The summed E-state index contributed by atoms with van der Waals surface area (Å²) in [6.45, 7) is 6.52. The summed E-state index contributed by atoms with van der Waals surface area (Å²) in [6, 6.07) is 5.01. The van der Waals surface area contributed by atoms with Crippen LogP contribution in [0.3, 0.4) is 0 Å². The SMILES string of the molecule is CC(C)(C)OC(=O)N1CCC=C(n2ccccc2=O)C1. The van der Waals surface area contributed by atoms with E-state index < -0.39 is 5.60 Å². The van der Waals surface area contributed by atoms with E-state index in [1.165, 1.54) is 6.07 Å². The van der Waals surface area contributed by atoms with Gasteiger partial charge >= 0.3 is 6.09 Å². The molecular weight excluding hydrogens is 256 g/mol. The Morgan fingerprint density at radius 3 is 2.70 bits per heavy atom. The molecule has 2 heterocycles. The molecule has 0 atom stereocenters. The predicted molar refractivity (Wildman–Crippen MR) is 77.4 cm³/mol. The third kappa shape index (κ3) is 3.50. The van der Waals surface area contributed by atoms with Gasteiger partial charge in [0, 0.05) is 24.5 Å². The highest BCUT2D eigenvalue weighted by molar-refractivity contribution is 5.71. The van der Waals surface area contributed by atoms with Gasteiger partial charge in [0.1, 0.15) is 5.60 Å². The third-order valence-electron chi connectivity index (χ3n) is 2.92. The lowest BCUT2D eigenvalue weighted by Crippen LogP contribution is -2.41. The van der Waals surface area contributed by atoms with Crippen LogP contribution >= 0.6 is 0 Å². The molecule has 5 nitrogen and oxygen atoms in total. The highest BCUT2D eigenvalue weighted by atomic mass is 16.6. The fraction of sp³-hybridized carbons (Fsp3) is 0.467. The van der Waals surface area contributed by atoms with Crippen molar-refractivity contribution < 1.29 is 9.53 Å². The van der Waals surface area contributed by atoms with Crippen molar-refractivity contribution in [3.05, 3.63) is 40.8 Å². The minimum Gasteiger partial charge on any atom is -0.444 e. The Bertz CT molecular complexity index is 581. The average Bonchev–Trinajstić information content (AvgIpc) is 2.37. The summed E-state index contributed by atoms with van der Waals surface area (Å²) in [7, 11) is 0. The Hall–Kier alpha value is -2.04. The Labute approximate surface area is 118 Å². The van der Waals surface area contributed by atoms with Gasteiger partial charge in [0.15, 0.2) is 0 Å². The second-order valence-corrected chi connectivity index (χ2v) is 5.79. The van der Waals surface area contributed by atoms with Crippen molar-refractivity contribution in [1.82, 2.24) is 9.47 Å². The molecule has 108 valence electrons. The minimum atomic E-state index is -0.512. The van der Waals surface area contributed by atoms with Crippen LogP contribution < -0.4 is 5.56 Å². The Kier molecular flexibility index (Phi) is 3.97. The van der Waals surface area contributed by atoms with Gasteiger partial charge in [-0.3, -0.25) is 9.36 Å². The van der Waals surface area contributed by atoms with Crippen LogP contribution in [-0.4, -0.2) is 34.3 Å². The van der Waals surface area contributed by atoms with Crippen LogP contribution in [0.4, 0.5) is 4.79 Å². The minimum absolute atomic E-state index is 0.0928. The number of ether oxygens (including phenoxy) is 1. The summed E-state index contributed by atoms with van der Waals surface area (Å²) >= 11 is 0. The normalized spacial score (nSPS) is 15.8. The lowest BCUT2D eigenvalue weighted by molar-refractivity contribution is 0.0270. The molecule has 0 radical (unpaired) electrons. The van der Waals surface area contributed by atoms with Gasteiger partial charge in [-0.15, -0.1) is 0 Å². The highest BCUT2D eigenvalue weighted by Crippen LogP contribution is 2.16. The fourth-order valence-corrected chi connectivity index (χ4v) is 2.05. The molecule has 0 fully saturated rings. The van der Waals surface area contributed by atoms with E-state index in [0.29, 0.717) is 13.1 Å². The van der Waals surface area contributed by atoms with Crippen LogP contribution in [0, 0.1) is 0 Å². The number of hydrogen-bond acceptors (Lipinski definition) is 3. The van der Waals surface area contributed by atoms with E-state index in [-0.39, 0.29) is 11.7 Å². The van der Waals surface area contributed by atoms with Crippen LogP contribution in [0.25, 0.3) is 5.70 Å². The molecule has 0 aliphatic carbocycles. The molecule has 1 aliphatic heterocycles. The van der Waals surface area contributed by atoms with Gasteiger partial charge in [-0.05, 0) is 33.3 Å². The zero-order valence-corrected chi connectivity index (χ0v) is 12.1. The lowest BCUT2D eigenvalue weighted by atomic mass is 10.2. The van der Waals surface area contributed by atoms with Gasteiger partial charge < -0.3 is 9.64 Å².